The van der Waals surface area contributed by atoms with Crippen molar-refractivity contribution in [2.75, 3.05) is 18.4 Å². The van der Waals surface area contributed by atoms with Crippen molar-refractivity contribution in [3.05, 3.63) is 59.7 Å². The smallest absolute Gasteiger partial charge is 0.222 e. The number of thiophene rings is 1. The summed E-state index contributed by atoms with van der Waals surface area (Å²) in [7, 11) is 0. The first-order chi connectivity index (χ1) is 14.8. The summed E-state index contributed by atoms with van der Waals surface area (Å²) in [4.78, 5) is 29.1. The summed E-state index contributed by atoms with van der Waals surface area (Å²) in [6.45, 7) is 2.84. The molecule has 0 saturated carbocycles. The van der Waals surface area contributed by atoms with E-state index in [0.717, 1.165) is 34.8 Å². The van der Waals surface area contributed by atoms with Crippen molar-refractivity contribution in [2.24, 2.45) is 0 Å². The maximum absolute atomic E-state index is 11.9. The van der Waals surface area contributed by atoms with E-state index in [1.165, 1.54) is 5.56 Å². The van der Waals surface area contributed by atoms with Crippen molar-refractivity contribution >= 4 is 34.2 Å². The quantitative estimate of drug-likeness (QED) is 0.494. The fourth-order valence-electron chi connectivity index (χ4n) is 3.70. The van der Waals surface area contributed by atoms with Gasteiger partial charge in [0, 0.05) is 32.6 Å². The van der Waals surface area contributed by atoms with Gasteiger partial charge in [0.25, 0.3) is 0 Å². The zero-order valence-electron chi connectivity index (χ0n) is 16.5. The Kier molecular flexibility index (Phi) is 5.15. The van der Waals surface area contributed by atoms with Crippen LogP contribution in [0, 0.1) is 0 Å². The normalized spacial score (nSPS) is 14.0. The van der Waals surface area contributed by atoms with Crippen molar-refractivity contribution in [3.63, 3.8) is 0 Å². The third kappa shape index (κ3) is 3.78. The predicted molar refractivity (Wildman–Crippen MR) is 118 cm³/mol. The van der Waals surface area contributed by atoms with E-state index < -0.39 is 0 Å². The van der Waals surface area contributed by atoms with Crippen molar-refractivity contribution in [3.8, 4) is 10.7 Å². The average molecular weight is 419 g/mol. The lowest BCUT2D eigenvalue weighted by atomic mass is 10.2. The summed E-state index contributed by atoms with van der Waals surface area (Å²) < 4.78 is 2.02. The SMILES string of the molecule is O=C1CCCN1CCn1cnc2c(NCc3ccccc3)nc(-c3cccs3)nc21. The Morgan fingerprint density at radius 1 is 1.07 bits per heavy atom. The first-order valence-electron chi connectivity index (χ1n) is 10.1. The van der Waals surface area contributed by atoms with E-state index in [4.69, 9.17) is 9.97 Å². The van der Waals surface area contributed by atoms with Gasteiger partial charge in [-0.1, -0.05) is 36.4 Å². The third-order valence-electron chi connectivity index (χ3n) is 5.29. The van der Waals surface area contributed by atoms with Gasteiger partial charge >= 0.3 is 0 Å². The molecule has 8 heteroatoms. The molecule has 1 aromatic carbocycles. The van der Waals surface area contributed by atoms with Crippen LogP contribution in [-0.2, 0) is 17.9 Å². The van der Waals surface area contributed by atoms with E-state index in [1.807, 2.05) is 45.2 Å². The van der Waals surface area contributed by atoms with Crippen molar-refractivity contribution < 1.29 is 4.79 Å². The Labute approximate surface area is 178 Å². The number of nitrogens with one attached hydrogen (secondary N) is 1. The topological polar surface area (TPSA) is 75.9 Å². The number of aromatic nitrogens is 4. The zero-order valence-corrected chi connectivity index (χ0v) is 17.3. The van der Waals surface area contributed by atoms with Gasteiger partial charge in [0.15, 0.2) is 17.3 Å². The first-order valence-corrected chi connectivity index (χ1v) is 11.0. The van der Waals surface area contributed by atoms with Crippen LogP contribution in [0.3, 0.4) is 0 Å². The van der Waals surface area contributed by atoms with Crippen LogP contribution in [0.25, 0.3) is 21.9 Å². The molecule has 0 unspecified atom stereocenters. The van der Waals surface area contributed by atoms with Gasteiger partial charge in [0.05, 0.1) is 11.2 Å². The van der Waals surface area contributed by atoms with Crippen LogP contribution in [0.15, 0.2) is 54.2 Å². The Balaban J connectivity index is 1.47. The second-order valence-corrected chi connectivity index (χ2v) is 8.25. The van der Waals surface area contributed by atoms with Crippen LogP contribution >= 0.6 is 11.3 Å². The molecule has 4 aromatic rings. The molecule has 1 aliphatic heterocycles. The summed E-state index contributed by atoms with van der Waals surface area (Å²) >= 11 is 1.61. The lowest BCUT2D eigenvalue weighted by molar-refractivity contribution is -0.127. The number of hydrogen-bond donors (Lipinski definition) is 1. The summed E-state index contributed by atoms with van der Waals surface area (Å²) in [6.07, 6.45) is 3.40. The van der Waals surface area contributed by atoms with E-state index in [2.05, 4.69) is 22.4 Å². The summed E-state index contributed by atoms with van der Waals surface area (Å²) in [5, 5.41) is 5.46. The predicted octanol–water partition coefficient (Wildman–Crippen LogP) is 3.79. The van der Waals surface area contributed by atoms with Crippen LogP contribution in [0.1, 0.15) is 18.4 Å². The molecule has 7 nitrogen and oxygen atoms in total. The highest BCUT2D eigenvalue weighted by atomic mass is 32.1. The molecule has 0 spiro atoms. The van der Waals surface area contributed by atoms with E-state index in [1.54, 1.807) is 17.7 Å². The zero-order chi connectivity index (χ0) is 20.3. The Morgan fingerprint density at radius 3 is 2.73 bits per heavy atom. The second-order valence-electron chi connectivity index (χ2n) is 7.31. The Hall–Kier alpha value is -3.26. The number of anilines is 1. The number of nitrogens with zero attached hydrogens (tertiary/aromatic N) is 5. The van der Waals surface area contributed by atoms with E-state index in [0.29, 0.717) is 31.9 Å². The largest absolute Gasteiger partial charge is 0.364 e. The van der Waals surface area contributed by atoms with Gasteiger partial charge in [-0.05, 0) is 23.4 Å². The highest BCUT2D eigenvalue weighted by molar-refractivity contribution is 7.13. The number of likely N-dealkylation sites (tertiary alicyclic amines) is 1. The summed E-state index contributed by atoms with van der Waals surface area (Å²) in [6, 6.07) is 14.2. The van der Waals surface area contributed by atoms with Gasteiger partial charge in [-0.15, -0.1) is 11.3 Å². The average Bonchev–Trinajstić information content (AvgIpc) is 3.52. The number of rotatable bonds is 7. The Bertz CT molecular complexity index is 1160. The molecule has 0 aliphatic carbocycles. The molecule has 1 fully saturated rings. The first kappa shape index (κ1) is 18.7. The summed E-state index contributed by atoms with van der Waals surface area (Å²) in [5.41, 5.74) is 2.71. The number of amides is 1. The van der Waals surface area contributed by atoms with Gasteiger partial charge in [0.2, 0.25) is 5.91 Å². The van der Waals surface area contributed by atoms with Crippen LogP contribution in [-0.4, -0.2) is 43.4 Å². The number of imidazole rings is 1. The standard InChI is InChI=1S/C22H22N6OS/c29-18-9-4-10-27(18)11-12-28-15-24-19-21(23-14-16-6-2-1-3-7-16)25-20(26-22(19)28)17-8-5-13-30-17/h1-3,5-8,13,15H,4,9-12,14H2,(H,23,25,26). The minimum atomic E-state index is 0.235. The fraction of sp³-hybridized carbons (Fsp3) is 0.273. The number of fused-ring (bicyclic) bond motifs is 1. The van der Waals surface area contributed by atoms with Crippen molar-refractivity contribution in [1.82, 2.24) is 24.4 Å². The lowest BCUT2D eigenvalue weighted by Crippen LogP contribution is -2.28. The van der Waals surface area contributed by atoms with Gasteiger partial charge in [-0.3, -0.25) is 4.79 Å². The molecule has 1 aliphatic rings. The molecule has 4 heterocycles. The van der Waals surface area contributed by atoms with Crippen LogP contribution in [0.2, 0.25) is 0 Å². The maximum atomic E-state index is 11.9. The van der Waals surface area contributed by atoms with Crippen LogP contribution in [0.5, 0.6) is 0 Å². The van der Waals surface area contributed by atoms with E-state index >= 15 is 0 Å². The third-order valence-corrected chi connectivity index (χ3v) is 6.16. The molecule has 3 aromatic heterocycles. The van der Waals surface area contributed by atoms with Gasteiger partial charge in [-0.2, -0.15) is 0 Å². The van der Waals surface area contributed by atoms with Gasteiger partial charge in [0.1, 0.15) is 5.52 Å². The van der Waals surface area contributed by atoms with Gasteiger partial charge in [-0.25, -0.2) is 15.0 Å². The molecule has 0 radical (unpaired) electrons. The minimum Gasteiger partial charge on any atom is -0.364 e. The Morgan fingerprint density at radius 2 is 1.97 bits per heavy atom. The highest BCUT2D eigenvalue weighted by Gasteiger charge is 2.21. The second kappa shape index (κ2) is 8.23. The highest BCUT2D eigenvalue weighted by Crippen LogP contribution is 2.27. The molecule has 0 atom stereocenters. The monoisotopic (exact) mass is 418 g/mol. The van der Waals surface area contributed by atoms with Crippen LogP contribution < -0.4 is 5.32 Å². The molecule has 30 heavy (non-hydrogen) atoms. The minimum absolute atomic E-state index is 0.235. The van der Waals surface area contributed by atoms with Crippen molar-refractivity contribution in [1.29, 1.82) is 0 Å². The molecule has 152 valence electrons. The molecule has 1 saturated heterocycles. The molecule has 5 rings (SSSR count). The molecular weight excluding hydrogens is 396 g/mol. The van der Waals surface area contributed by atoms with E-state index in [-0.39, 0.29) is 5.91 Å². The molecule has 1 N–H and O–H groups in total. The maximum Gasteiger partial charge on any atom is 0.222 e. The number of carbonyl (C=O) groups is 1. The van der Waals surface area contributed by atoms with Crippen LogP contribution in [0.4, 0.5) is 5.82 Å². The number of carbonyl (C=O) groups excluding carboxylic acids is 1. The van der Waals surface area contributed by atoms with Crippen molar-refractivity contribution in [2.45, 2.75) is 25.9 Å². The molecular formula is C22H22N6OS. The van der Waals surface area contributed by atoms with Gasteiger partial charge < -0.3 is 14.8 Å². The fourth-order valence-corrected chi connectivity index (χ4v) is 4.36. The molecule has 0 bridgehead atoms. The van der Waals surface area contributed by atoms with E-state index in [9.17, 15) is 4.79 Å². The number of hydrogen-bond acceptors (Lipinski definition) is 6. The number of benzene rings is 1. The lowest BCUT2D eigenvalue weighted by Gasteiger charge is -2.16. The molecule has 1 amide bonds. The summed E-state index contributed by atoms with van der Waals surface area (Å²) in [5.74, 6) is 1.65.